The maximum Gasteiger partial charge on any atom is 1.00 e. The van der Waals surface area contributed by atoms with Gasteiger partial charge in [-0.3, -0.25) is 8.98 Å². The summed E-state index contributed by atoms with van der Waals surface area (Å²) in [5.41, 5.74) is -1.35. The van der Waals surface area contributed by atoms with E-state index in [9.17, 15) is 84.1 Å². The number of fused-ring (bicyclic) bond motifs is 5. The van der Waals surface area contributed by atoms with Gasteiger partial charge in [-0.25, -0.2) is 8.42 Å². The first-order valence-electron chi connectivity index (χ1n) is 30.3. The van der Waals surface area contributed by atoms with Gasteiger partial charge in [0.25, 0.3) is 0 Å². The summed E-state index contributed by atoms with van der Waals surface area (Å²) in [4.78, 5) is 13.2. The molecule has 13 N–H and O–H groups in total. The van der Waals surface area contributed by atoms with E-state index in [1.165, 1.54) is 27.7 Å². The molecule has 0 aromatic carbocycles. The van der Waals surface area contributed by atoms with Crippen molar-refractivity contribution in [3.05, 3.63) is 11.6 Å². The quantitative estimate of drug-likeness (QED) is 0.0263. The van der Waals surface area contributed by atoms with Crippen molar-refractivity contribution >= 4 is 16.2 Å². The molecule has 496 valence electrons. The van der Waals surface area contributed by atoms with Crippen molar-refractivity contribution in [2.24, 2.45) is 40.4 Å². The summed E-state index contributed by atoms with van der Waals surface area (Å²) in [6.07, 6.45) is -39.5. The fourth-order valence-corrected chi connectivity index (χ4v) is 16.5. The molecule has 5 heterocycles. The second-order valence-corrected chi connectivity index (χ2v) is 28.1. The van der Waals surface area contributed by atoms with Crippen LogP contribution >= 0.6 is 0 Å². The van der Waals surface area contributed by atoms with Crippen LogP contribution in [0.25, 0.3) is 0 Å². The van der Waals surface area contributed by atoms with Crippen LogP contribution < -0.4 is 29.6 Å². The molecule has 5 aliphatic heterocycles. The number of rotatable bonds is 18. The van der Waals surface area contributed by atoms with Crippen molar-refractivity contribution < 1.29 is 165 Å². The van der Waals surface area contributed by atoms with Crippen LogP contribution in [-0.4, -0.2) is 263 Å². The minimum absolute atomic E-state index is 0. The predicted molar refractivity (Wildman–Crippen MR) is 288 cm³/mol. The fourth-order valence-electron chi connectivity index (χ4n) is 16.0. The minimum Gasteiger partial charge on any atom is -0.726 e. The number of hydrogen-bond donors (Lipinski definition) is 13. The third-order valence-electron chi connectivity index (χ3n) is 20.6. The fraction of sp³-hybridized carbons (Fsp3) is 0.947. The van der Waals surface area contributed by atoms with Crippen LogP contribution in [0.4, 0.5) is 0 Å². The Hall–Kier alpha value is -0.640. The third kappa shape index (κ3) is 14.5. The predicted octanol–water partition coefficient (Wildman–Crippen LogP) is -5.63. The summed E-state index contributed by atoms with van der Waals surface area (Å²) < 4.78 is 103. The van der Waals surface area contributed by atoms with Crippen molar-refractivity contribution in [2.45, 2.75) is 291 Å². The molecule has 9 rings (SSSR count). The van der Waals surface area contributed by atoms with Crippen LogP contribution in [0.5, 0.6) is 0 Å². The van der Waals surface area contributed by atoms with Gasteiger partial charge in [0.15, 0.2) is 31.5 Å². The molecule has 30 heteroatoms. The number of ether oxygens (including phenoxy) is 10. The molecule has 4 aliphatic carbocycles. The van der Waals surface area contributed by atoms with E-state index in [-0.39, 0.29) is 78.3 Å². The van der Waals surface area contributed by atoms with Crippen LogP contribution in [-0.2, 0) is 66.7 Å². The standard InChI is InChI=1S/C57H94O28S.Na/c1-21(2)16-26(59)19-57(9,71)34-11-10-29-28-18-32(31-17-27(85-86(72,73)74)12-14-55(31,7)30(28)13-15-56(29,34)8)79-52-45(70)47(38(63)25(6)77-52)82-54-49(84-51-43(68)40(65)36(61)23(4)76-51)44(69)46(33(20-58)80-54)81-53-48(41(66)37(62)24(5)78-53)83-50-42(67)39(64)35(60)22(3)75-50;/h13,21-25,27-29,31-54,58,60-71H,10-12,14-20H2,1-9H3,(H,72,73,74);/q;+1/p-1/t22-,23-,24-,25-,27+,28+,29+,31-,32+,33-,34+,35+,36-,37-,38-,39+,40+,41+,42-,43-,44+,45-,46-,47+,48-,49-,50+,51+,52+,53+,54+,55-,56+,57+;/m1./s1. The molecule has 0 unspecified atom stereocenters. The summed E-state index contributed by atoms with van der Waals surface area (Å²) >= 11 is 0. The summed E-state index contributed by atoms with van der Waals surface area (Å²) in [5.74, 6) is -0.926. The first-order chi connectivity index (χ1) is 40.1. The molecule has 87 heavy (non-hydrogen) atoms. The number of allylic oxidation sites excluding steroid dienone is 2. The zero-order valence-electron chi connectivity index (χ0n) is 51.0. The largest absolute Gasteiger partial charge is 1.00 e. The van der Waals surface area contributed by atoms with Gasteiger partial charge in [-0.05, 0) is 120 Å². The van der Waals surface area contributed by atoms with E-state index in [1.54, 1.807) is 6.92 Å². The molecule has 0 bridgehead atoms. The molecule has 34 atom stereocenters. The molecule has 0 aromatic heterocycles. The van der Waals surface area contributed by atoms with Gasteiger partial charge in [0.1, 0.15) is 103 Å². The maximum atomic E-state index is 13.2. The van der Waals surface area contributed by atoms with Crippen LogP contribution in [0, 0.1) is 40.4 Å². The van der Waals surface area contributed by atoms with Gasteiger partial charge in [0.05, 0.1) is 48.8 Å². The average molecular weight is 1280 g/mol. The molecule has 0 radical (unpaired) electrons. The number of aliphatic hydroxyl groups excluding tert-OH is 12. The first kappa shape index (κ1) is 72.2. The molecule has 5 saturated heterocycles. The summed E-state index contributed by atoms with van der Waals surface area (Å²) in [6.45, 7) is 14.4. The summed E-state index contributed by atoms with van der Waals surface area (Å²) in [6, 6.07) is 0. The van der Waals surface area contributed by atoms with Crippen molar-refractivity contribution in [1.29, 1.82) is 0 Å². The van der Waals surface area contributed by atoms with Gasteiger partial charge < -0.3 is 118 Å². The summed E-state index contributed by atoms with van der Waals surface area (Å²) in [7, 11) is -5.15. The molecule has 9 aliphatic rings. The van der Waals surface area contributed by atoms with Gasteiger partial charge in [-0.2, -0.15) is 0 Å². The number of ketones is 1. The molecule has 0 amide bonds. The average Bonchev–Trinajstić information content (AvgIpc) is 1.70. The molecular weight excluding hydrogens is 1190 g/mol. The van der Waals surface area contributed by atoms with Gasteiger partial charge in [0, 0.05) is 12.8 Å². The smallest absolute Gasteiger partial charge is 0.726 e. The molecule has 8 fully saturated rings. The van der Waals surface area contributed by atoms with Gasteiger partial charge >= 0.3 is 29.6 Å². The number of hydrogen-bond acceptors (Lipinski definition) is 28. The van der Waals surface area contributed by atoms with Gasteiger partial charge in [-0.1, -0.05) is 39.3 Å². The van der Waals surface area contributed by atoms with Crippen molar-refractivity contribution in [1.82, 2.24) is 0 Å². The minimum atomic E-state index is -5.15. The Labute approximate surface area is 528 Å². The zero-order valence-corrected chi connectivity index (χ0v) is 53.8. The van der Waals surface area contributed by atoms with Crippen LogP contribution in [0.1, 0.15) is 120 Å². The Morgan fingerprint density at radius 2 is 1.13 bits per heavy atom. The Bertz CT molecular complexity index is 2460. The SMILES string of the molecule is CC(C)CC(=O)C[C@](C)(O)[C@H]1CC[C@H]2[C@@H]3C[C@H](O[C@@H]4O[C@H](C)[C@@H](O)[C@H](O[C@@H]5O[C@H](CO)[C@@H](O[C@@H]6O[C@H](C)[C@@H](O)[C@H](O)[C@H]6O[C@@H]6O[C@H](C)[C@H](O)[C@H](O)[C@H]6O)[C@H](O)[C@H]5O[C@@H]5O[C@H](C)[C@@H](O)[C@H](O)[C@H]5O)[C@H]4O)[C@H]4C[C@@H](OS(=O)(=O)[O-])CC[C@]4(C)C3=CC[C@@]21C.[Na+]. The zero-order chi connectivity index (χ0) is 63.2. The number of aliphatic hydroxyl groups is 13. The van der Waals surface area contributed by atoms with Crippen LogP contribution in [0.3, 0.4) is 0 Å². The van der Waals surface area contributed by atoms with E-state index >= 15 is 0 Å². The number of carbonyl (C=O) groups is 1. The monoisotopic (exact) mass is 1280 g/mol. The molecular formula is C57H93NaO28S. The number of carbonyl (C=O) groups excluding carboxylic acids is 1. The molecule has 3 saturated carbocycles. The summed E-state index contributed by atoms with van der Waals surface area (Å²) in [5, 5.41) is 147. The number of Topliss-reactive ketones (excluding diaryl/α,β-unsaturated/α-hetero) is 1. The van der Waals surface area contributed by atoms with Crippen LogP contribution in [0.15, 0.2) is 11.6 Å². The van der Waals surface area contributed by atoms with E-state index < -0.39 is 205 Å². The second kappa shape index (κ2) is 28.0. The normalized spacial score (nSPS) is 51.1. The van der Waals surface area contributed by atoms with E-state index in [1.807, 2.05) is 13.8 Å². The first-order valence-corrected chi connectivity index (χ1v) is 31.7. The Morgan fingerprint density at radius 3 is 1.68 bits per heavy atom. The van der Waals surface area contributed by atoms with Gasteiger partial charge in [-0.15, -0.1) is 0 Å². The molecule has 28 nitrogen and oxygen atoms in total. The third-order valence-corrected chi connectivity index (χ3v) is 21.1. The Kier molecular flexibility index (Phi) is 23.2. The van der Waals surface area contributed by atoms with Crippen molar-refractivity contribution in [3.8, 4) is 0 Å². The van der Waals surface area contributed by atoms with E-state index in [4.69, 9.17) is 51.6 Å². The van der Waals surface area contributed by atoms with Gasteiger partial charge in [0.2, 0.25) is 10.4 Å². The van der Waals surface area contributed by atoms with E-state index in [2.05, 4.69) is 19.9 Å². The van der Waals surface area contributed by atoms with Crippen molar-refractivity contribution in [2.75, 3.05) is 6.61 Å². The van der Waals surface area contributed by atoms with E-state index in [0.717, 1.165) is 5.57 Å². The van der Waals surface area contributed by atoms with Crippen molar-refractivity contribution in [3.63, 3.8) is 0 Å². The molecule has 0 aromatic rings. The maximum absolute atomic E-state index is 13.2. The second-order valence-electron chi connectivity index (χ2n) is 27.1. The Balaban J connectivity index is 0.00000982. The van der Waals surface area contributed by atoms with E-state index in [0.29, 0.717) is 38.5 Å². The Morgan fingerprint density at radius 1 is 0.632 bits per heavy atom. The molecule has 0 spiro atoms. The topological polar surface area (TPSA) is 439 Å². The van der Waals surface area contributed by atoms with Crippen LogP contribution in [0.2, 0.25) is 0 Å².